The van der Waals surface area contributed by atoms with Crippen molar-refractivity contribution in [2.45, 2.75) is 51.0 Å². The third-order valence-electron chi connectivity index (χ3n) is 7.16. The van der Waals surface area contributed by atoms with Crippen LogP contribution in [0.15, 0.2) is 42.5 Å². The van der Waals surface area contributed by atoms with Crippen molar-refractivity contribution in [1.29, 1.82) is 0 Å². The van der Waals surface area contributed by atoms with E-state index in [9.17, 15) is 9.59 Å². The lowest BCUT2D eigenvalue weighted by Crippen LogP contribution is -2.46. The molecule has 2 aliphatic carbocycles. The molecule has 5 rings (SSSR count). The number of hydrogen-bond donors (Lipinski definition) is 1. The van der Waals surface area contributed by atoms with E-state index in [1.54, 1.807) is 36.4 Å². The van der Waals surface area contributed by atoms with Crippen molar-refractivity contribution in [2.75, 3.05) is 33.9 Å². The van der Waals surface area contributed by atoms with Crippen molar-refractivity contribution < 1.29 is 19.1 Å². The average molecular weight is 465 g/mol. The Hall–Kier alpha value is -2.86. The number of amides is 1. The summed E-state index contributed by atoms with van der Waals surface area (Å²) in [5.74, 6) is 2.19. The molecule has 1 saturated carbocycles. The Kier molecular flexibility index (Phi) is 7.88. The van der Waals surface area contributed by atoms with Crippen molar-refractivity contribution in [1.82, 2.24) is 10.2 Å². The van der Waals surface area contributed by atoms with Crippen LogP contribution in [0, 0.1) is 5.92 Å². The molecule has 1 aliphatic heterocycles. The van der Waals surface area contributed by atoms with E-state index in [4.69, 9.17) is 4.74 Å². The van der Waals surface area contributed by atoms with Crippen LogP contribution < -0.4 is 10.1 Å². The van der Waals surface area contributed by atoms with Crippen LogP contribution in [0.1, 0.15) is 70.4 Å². The van der Waals surface area contributed by atoms with Crippen LogP contribution in [0.4, 0.5) is 0 Å². The summed E-state index contributed by atoms with van der Waals surface area (Å²) in [4.78, 5) is 25.4. The molecule has 2 aromatic carbocycles. The second-order valence-corrected chi connectivity index (χ2v) is 9.51. The first kappa shape index (κ1) is 24.3. The van der Waals surface area contributed by atoms with Crippen LogP contribution in [0.3, 0.4) is 0 Å². The number of methoxy groups -OCH3 is 2. The van der Waals surface area contributed by atoms with Gasteiger partial charge in [0.2, 0.25) is 0 Å². The molecule has 1 amide bonds. The van der Waals surface area contributed by atoms with Gasteiger partial charge in [-0.3, -0.25) is 9.69 Å². The van der Waals surface area contributed by atoms with Crippen molar-refractivity contribution in [3.63, 3.8) is 0 Å². The number of carbonyl (C=O) groups excluding carboxylic acids is 2. The molecule has 1 heterocycles. The van der Waals surface area contributed by atoms with Gasteiger partial charge in [0.1, 0.15) is 5.75 Å². The van der Waals surface area contributed by atoms with Gasteiger partial charge in [0.15, 0.2) is 0 Å². The minimum Gasteiger partial charge on any atom is -0.497 e. The highest BCUT2D eigenvalue weighted by Gasteiger charge is 2.37. The first-order valence-corrected chi connectivity index (χ1v) is 12.4. The largest absolute Gasteiger partial charge is 0.497 e. The maximum atomic E-state index is 11.4. The molecule has 2 aromatic rings. The summed E-state index contributed by atoms with van der Waals surface area (Å²) in [6, 6.07) is 13.9. The zero-order valence-corrected chi connectivity index (χ0v) is 20.5. The Morgan fingerprint density at radius 2 is 1.85 bits per heavy atom. The Balaban J connectivity index is 0.000000167. The summed E-state index contributed by atoms with van der Waals surface area (Å²) >= 11 is 0. The highest BCUT2D eigenvalue weighted by Crippen LogP contribution is 2.42. The predicted octanol–water partition coefficient (Wildman–Crippen LogP) is 4.43. The molecular weight excluding hydrogens is 428 g/mol. The number of likely N-dealkylation sites (tertiary alicyclic amines) is 1. The lowest BCUT2D eigenvalue weighted by Gasteiger charge is -2.44. The summed E-state index contributed by atoms with van der Waals surface area (Å²) in [5, 5.41) is 2.65. The summed E-state index contributed by atoms with van der Waals surface area (Å²) in [7, 11) is 3.08. The van der Waals surface area contributed by atoms with Crippen molar-refractivity contribution in [2.24, 2.45) is 5.92 Å². The standard InChI is InChI=1S/C17H23NO.C11H13NO3/c1-19-16-5-4-13-8-15-9-14(17(13)10-16)6-7-18(15)11-12-2-3-12;1-3-12-10(13)8-5-4-6-9(7-8)11(14)15-2/h4-5,10,12,14-15H,2-3,6-9,11H2,1H3;4-7H,3H2,1-2H3,(H,12,13). The number of nitrogens with zero attached hydrogens (tertiary/aromatic N) is 1. The molecule has 1 saturated heterocycles. The number of fused-ring (bicyclic) bond motifs is 4. The van der Waals surface area contributed by atoms with Crippen LogP contribution in [0.5, 0.6) is 5.75 Å². The number of rotatable bonds is 6. The van der Waals surface area contributed by atoms with Gasteiger partial charge < -0.3 is 14.8 Å². The smallest absolute Gasteiger partial charge is 0.337 e. The molecule has 0 aromatic heterocycles. The third-order valence-corrected chi connectivity index (χ3v) is 7.16. The lowest BCUT2D eigenvalue weighted by atomic mass is 9.75. The topological polar surface area (TPSA) is 67.9 Å². The summed E-state index contributed by atoms with van der Waals surface area (Å²) in [6.07, 6.45) is 6.90. The zero-order valence-electron chi connectivity index (χ0n) is 20.5. The lowest BCUT2D eigenvalue weighted by molar-refractivity contribution is 0.0600. The third kappa shape index (κ3) is 5.79. The van der Waals surface area contributed by atoms with E-state index < -0.39 is 5.97 Å². The maximum Gasteiger partial charge on any atom is 0.337 e. The summed E-state index contributed by atoms with van der Waals surface area (Å²) in [6.45, 7) is 5.06. The summed E-state index contributed by atoms with van der Waals surface area (Å²) in [5.41, 5.74) is 3.98. The molecule has 2 atom stereocenters. The number of nitrogens with one attached hydrogen (secondary N) is 1. The quantitative estimate of drug-likeness (QED) is 0.641. The van der Waals surface area contributed by atoms with E-state index in [0.717, 1.165) is 23.6 Å². The Labute approximate surface area is 202 Å². The van der Waals surface area contributed by atoms with E-state index in [2.05, 4.69) is 33.2 Å². The number of benzene rings is 2. The highest BCUT2D eigenvalue weighted by molar-refractivity contribution is 5.97. The van der Waals surface area contributed by atoms with Gasteiger partial charge in [0.25, 0.3) is 5.91 Å². The van der Waals surface area contributed by atoms with E-state index in [1.807, 2.05) is 6.92 Å². The van der Waals surface area contributed by atoms with Crippen LogP contribution in [0.25, 0.3) is 0 Å². The number of carbonyl (C=O) groups is 2. The molecule has 182 valence electrons. The second kappa shape index (κ2) is 11.0. The average Bonchev–Trinajstić information content (AvgIpc) is 3.70. The van der Waals surface area contributed by atoms with Crippen LogP contribution in [-0.4, -0.2) is 56.7 Å². The zero-order chi connectivity index (χ0) is 24.1. The van der Waals surface area contributed by atoms with Gasteiger partial charge in [-0.05, 0) is 98.9 Å². The van der Waals surface area contributed by atoms with Crippen molar-refractivity contribution in [3.8, 4) is 5.75 Å². The molecule has 0 spiro atoms. The molecule has 2 unspecified atom stereocenters. The number of ether oxygens (including phenoxy) is 2. The minimum atomic E-state index is -0.443. The first-order valence-electron chi connectivity index (χ1n) is 12.4. The molecule has 2 bridgehead atoms. The van der Waals surface area contributed by atoms with Gasteiger partial charge in [-0.2, -0.15) is 0 Å². The molecule has 0 radical (unpaired) electrons. The molecule has 1 N–H and O–H groups in total. The molecular formula is C28H36N2O4. The van der Waals surface area contributed by atoms with E-state index in [0.29, 0.717) is 17.7 Å². The Bertz CT molecular complexity index is 1020. The fourth-order valence-corrected chi connectivity index (χ4v) is 5.15. The van der Waals surface area contributed by atoms with Crippen LogP contribution >= 0.6 is 0 Å². The number of esters is 1. The molecule has 2 fully saturated rings. The van der Waals surface area contributed by atoms with Gasteiger partial charge in [-0.15, -0.1) is 0 Å². The molecule has 3 aliphatic rings. The SMILES string of the molecule is CCNC(=O)c1cccc(C(=O)OC)c1.COc1ccc2c(c1)C1CCN(CC3CC3)C(C2)C1. The first-order chi connectivity index (χ1) is 16.5. The minimum absolute atomic E-state index is 0.191. The molecule has 34 heavy (non-hydrogen) atoms. The van der Waals surface area contributed by atoms with E-state index in [1.165, 1.54) is 58.4 Å². The van der Waals surface area contributed by atoms with Gasteiger partial charge in [-0.1, -0.05) is 12.1 Å². The van der Waals surface area contributed by atoms with E-state index in [-0.39, 0.29) is 5.91 Å². The fourth-order valence-electron chi connectivity index (χ4n) is 5.15. The Morgan fingerprint density at radius 1 is 1.06 bits per heavy atom. The van der Waals surface area contributed by atoms with E-state index >= 15 is 0 Å². The normalized spacial score (nSPS) is 20.9. The monoisotopic (exact) mass is 464 g/mol. The van der Waals surface area contributed by atoms with Gasteiger partial charge in [0, 0.05) is 24.7 Å². The van der Waals surface area contributed by atoms with Gasteiger partial charge >= 0.3 is 5.97 Å². The van der Waals surface area contributed by atoms with Crippen LogP contribution in [0.2, 0.25) is 0 Å². The summed E-state index contributed by atoms with van der Waals surface area (Å²) < 4.78 is 9.95. The van der Waals surface area contributed by atoms with Crippen molar-refractivity contribution >= 4 is 11.9 Å². The highest BCUT2D eigenvalue weighted by atomic mass is 16.5. The second-order valence-electron chi connectivity index (χ2n) is 9.51. The van der Waals surface area contributed by atoms with Crippen LogP contribution in [-0.2, 0) is 11.2 Å². The Morgan fingerprint density at radius 3 is 2.56 bits per heavy atom. The fraction of sp³-hybridized carbons (Fsp3) is 0.500. The number of hydrogen-bond acceptors (Lipinski definition) is 5. The van der Waals surface area contributed by atoms with Crippen molar-refractivity contribution in [3.05, 3.63) is 64.7 Å². The van der Waals surface area contributed by atoms with Gasteiger partial charge in [0.05, 0.1) is 19.8 Å². The molecule has 6 nitrogen and oxygen atoms in total. The predicted molar refractivity (Wildman–Crippen MR) is 133 cm³/mol. The molecule has 6 heteroatoms. The van der Waals surface area contributed by atoms with Gasteiger partial charge in [-0.25, -0.2) is 4.79 Å². The maximum absolute atomic E-state index is 11.4. The number of piperidine rings is 1.